The predicted octanol–water partition coefficient (Wildman–Crippen LogP) is 2.28. The second-order valence-electron chi connectivity index (χ2n) is 5.05. The summed E-state index contributed by atoms with van der Waals surface area (Å²) in [7, 11) is 0. The molecule has 100 valence electrons. The molecule has 1 heterocycles. The molecule has 0 aromatic heterocycles. The summed E-state index contributed by atoms with van der Waals surface area (Å²) >= 11 is 6.07. The van der Waals surface area contributed by atoms with Crippen molar-refractivity contribution < 1.29 is 9.84 Å². The predicted molar refractivity (Wildman–Crippen MR) is 72.9 cm³/mol. The number of aliphatic hydroxyl groups is 1. The Bertz CT molecular complexity index is 424. The summed E-state index contributed by atoms with van der Waals surface area (Å²) < 4.78 is 5.39. The second kappa shape index (κ2) is 5.57. The molecule has 0 bridgehead atoms. The zero-order valence-electron chi connectivity index (χ0n) is 10.9. The lowest BCUT2D eigenvalue weighted by molar-refractivity contribution is -0.0262. The Hall–Kier alpha value is -0.610. The molecule has 1 fully saturated rings. The van der Waals surface area contributed by atoms with Crippen molar-refractivity contribution in [2.75, 3.05) is 13.2 Å². The van der Waals surface area contributed by atoms with Crippen molar-refractivity contribution in [3.05, 3.63) is 34.3 Å². The maximum absolute atomic E-state index is 10.3. The van der Waals surface area contributed by atoms with Gasteiger partial charge in [-0.05, 0) is 31.0 Å². The molecule has 3 nitrogen and oxygen atoms in total. The highest BCUT2D eigenvalue weighted by molar-refractivity contribution is 6.31. The minimum atomic E-state index is -0.742. The number of nitrogens with one attached hydrogen (secondary N) is 1. The lowest BCUT2D eigenvalue weighted by Gasteiger charge is -2.26. The quantitative estimate of drug-likeness (QED) is 0.881. The molecule has 4 heteroatoms. The molecule has 1 saturated heterocycles. The molecule has 1 aliphatic rings. The Morgan fingerprint density at radius 3 is 2.94 bits per heavy atom. The molecule has 0 radical (unpaired) electrons. The van der Waals surface area contributed by atoms with Crippen molar-refractivity contribution in [2.45, 2.75) is 38.5 Å². The van der Waals surface area contributed by atoms with Gasteiger partial charge in [0.05, 0.1) is 6.10 Å². The van der Waals surface area contributed by atoms with Crippen LogP contribution in [0, 0.1) is 6.92 Å². The van der Waals surface area contributed by atoms with Crippen LogP contribution in [-0.4, -0.2) is 30.0 Å². The summed E-state index contributed by atoms with van der Waals surface area (Å²) in [6.07, 6.45) is 0.585. The first-order valence-corrected chi connectivity index (χ1v) is 6.69. The van der Waals surface area contributed by atoms with Gasteiger partial charge < -0.3 is 15.2 Å². The van der Waals surface area contributed by atoms with Crippen LogP contribution in [-0.2, 0) is 11.3 Å². The van der Waals surface area contributed by atoms with Crippen molar-refractivity contribution in [1.29, 1.82) is 0 Å². The topological polar surface area (TPSA) is 41.5 Å². The lowest BCUT2D eigenvalue weighted by Crippen LogP contribution is -2.45. The molecule has 2 unspecified atom stereocenters. The summed E-state index contributed by atoms with van der Waals surface area (Å²) in [6.45, 7) is 5.78. The van der Waals surface area contributed by atoms with E-state index in [1.54, 1.807) is 0 Å². The largest absolute Gasteiger partial charge is 0.386 e. The second-order valence-corrected chi connectivity index (χ2v) is 5.46. The van der Waals surface area contributed by atoms with Gasteiger partial charge in [-0.15, -0.1) is 0 Å². The smallest absolute Gasteiger partial charge is 0.105 e. The fraction of sp³-hybridized carbons (Fsp3) is 0.571. The number of benzene rings is 1. The molecule has 1 aromatic rings. The van der Waals surface area contributed by atoms with E-state index in [1.807, 2.05) is 32.0 Å². The van der Waals surface area contributed by atoms with Gasteiger partial charge in [-0.25, -0.2) is 0 Å². The Morgan fingerprint density at radius 2 is 2.33 bits per heavy atom. The van der Waals surface area contributed by atoms with Gasteiger partial charge in [0.15, 0.2) is 0 Å². The summed E-state index contributed by atoms with van der Waals surface area (Å²) in [4.78, 5) is 0. The van der Waals surface area contributed by atoms with Gasteiger partial charge in [-0.2, -0.15) is 0 Å². The Labute approximate surface area is 113 Å². The zero-order chi connectivity index (χ0) is 13.2. The maximum Gasteiger partial charge on any atom is 0.105 e. The van der Waals surface area contributed by atoms with E-state index in [9.17, 15) is 5.11 Å². The van der Waals surface area contributed by atoms with Crippen molar-refractivity contribution in [3.63, 3.8) is 0 Å². The first-order chi connectivity index (χ1) is 8.51. The molecule has 0 saturated carbocycles. The first-order valence-electron chi connectivity index (χ1n) is 6.31. The van der Waals surface area contributed by atoms with Crippen molar-refractivity contribution in [3.8, 4) is 0 Å². The third kappa shape index (κ3) is 3.04. The maximum atomic E-state index is 10.3. The van der Waals surface area contributed by atoms with Gasteiger partial charge in [0.1, 0.15) is 5.60 Å². The average Bonchev–Trinajstić information content (AvgIpc) is 2.65. The number of aryl methyl sites for hydroxylation is 1. The van der Waals surface area contributed by atoms with Gasteiger partial charge in [-0.1, -0.05) is 23.7 Å². The van der Waals surface area contributed by atoms with Gasteiger partial charge in [0, 0.05) is 31.1 Å². The van der Waals surface area contributed by atoms with Gasteiger partial charge in [-0.3, -0.25) is 0 Å². The zero-order valence-corrected chi connectivity index (χ0v) is 11.6. The fourth-order valence-electron chi connectivity index (χ4n) is 2.17. The number of ether oxygens (including phenoxy) is 1. The van der Waals surface area contributed by atoms with Crippen LogP contribution in [0.5, 0.6) is 0 Å². The van der Waals surface area contributed by atoms with E-state index >= 15 is 0 Å². The Balaban J connectivity index is 1.86. The van der Waals surface area contributed by atoms with Crippen molar-refractivity contribution in [1.82, 2.24) is 5.32 Å². The van der Waals surface area contributed by atoms with Crippen LogP contribution in [0.1, 0.15) is 24.5 Å². The van der Waals surface area contributed by atoms with Crippen molar-refractivity contribution >= 4 is 11.6 Å². The number of halogens is 1. The Kier molecular flexibility index (Phi) is 4.28. The minimum absolute atomic E-state index is 0.105. The minimum Gasteiger partial charge on any atom is -0.386 e. The van der Waals surface area contributed by atoms with E-state index < -0.39 is 5.60 Å². The normalized spacial score (nSPS) is 27.7. The summed E-state index contributed by atoms with van der Waals surface area (Å²) in [5.74, 6) is 0. The van der Waals surface area contributed by atoms with Crippen LogP contribution in [0.15, 0.2) is 18.2 Å². The first kappa shape index (κ1) is 13.8. The number of hydrogen-bond donors (Lipinski definition) is 2. The summed E-state index contributed by atoms with van der Waals surface area (Å²) in [5, 5.41) is 14.4. The summed E-state index contributed by atoms with van der Waals surface area (Å²) in [5.41, 5.74) is 1.46. The van der Waals surface area contributed by atoms with Crippen LogP contribution < -0.4 is 5.32 Å². The Morgan fingerprint density at radius 1 is 1.56 bits per heavy atom. The molecule has 0 aliphatic carbocycles. The standard InChI is InChI=1S/C14H20ClNO2/c1-10-3-4-12(7-13(10)15)8-16-9-14(17)5-6-18-11(14)2/h3-4,7,11,16-17H,5-6,8-9H2,1-2H3. The molecule has 2 atom stereocenters. The average molecular weight is 270 g/mol. The van der Waals surface area contributed by atoms with Crippen LogP contribution >= 0.6 is 11.6 Å². The van der Waals surface area contributed by atoms with Crippen molar-refractivity contribution in [2.24, 2.45) is 0 Å². The third-order valence-corrected chi connectivity index (χ3v) is 4.06. The van der Waals surface area contributed by atoms with Crippen LogP contribution in [0.2, 0.25) is 5.02 Å². The highest BCUT2D eigenvalue weighted by Gasteiger charge is 2.38. The SMILES string of the molecule is Cc1ccc(CNCC2(O)CCOC2C)cc1Cl. The van der Waals surface area contributed by atoms with Crippen LogP contribution in [0.25, 0.3) is 0 Å². The highest BCUT2D eigenvalue weighted by Crippen LogP contribution is 2.25. The molecule has 1 aliphatic heterocycles. The molecule has 18 heavy (non-hydrogen) atoms. The monoisotopic (exact) mass is 269 g/mol. The van der Waals surface area contributed by atoms with Gasteiger partial charge in [0.2, 0.25) is 0 Å². The molecule has 0 spiro atoms. The van der Waals surface area contributed by atoms with E-state index in [1.165, 1.54) is 0 Å². The molecule has 1 aromatic carbocycles. The van der Waals surface area contributed by atoms with E-state index in [4.69, 9.17) is 16.3 Å². The third-order valence-electron chi connectivity index (χ3n) is 3.66. The molecule has 0 amide bonds. The van der Waals surface area contributed by atoms with E-state index in [0.29, 0.717) is 26.1 Å². The molecular weight excluding hydrogens is 250 g/mol. The van der Waals surface area contributed by atoms with Gasteiger partial charge in [0.25, 0.3) is 0 Å². The van der Waals surface area contributed by atoms with E-state index in [-0.39, 0.29) is 6.10 Å². The molecule has 2 rings (SSSR count). The number of hydrogen-bond acceptors (Lipinski definition) is 3. The van der Waals surface area contributed by atoms with Crippen LogP contribution in [0.3, 0.4) is 0 Å². The fourth-order valence-corrected chi connectivity index (χ4v) is 2.38. The highest BCUT2D eigenvalue weighted by atomic mass is 35.5. The van der Waals surface area contributed by atoms with E-state index in [0.717, 1.165) is 16.1 Å². The lowest BCUT2D eigenvalue weighted by atomic mass is 9.96. The molecular formula is C14H20ClNO2. The van der Waals surface area contributed by atoms with Crippen LogP contribution in [0.4, 0.5) is 0 Å². The van der Waals surface area contributed by atoms with E-state index in [2.05, 4.69) is 5.32 Å². The van der Waals surface area contributed by atoms with Gasteiger partial charge >= 0.3 is 0 Å². The molecule has 2 N–H and O–H groups in total. The summed E-state index contributed by atoms with van der Waals surface area (Å²) in [6, 6.07) is 6.02. The number of rotatable bonds is 4.